The molecule has 216 valence electrons. The van der Waals surface area contributed by atoms with Crippen molar-refractivity contribution in [2.45, 2.75) is 57.0 Å². The van der Waals surface area contributed by atoms with Gasteiger partial charge in [0.05, 0.1) is 0 Å². The SMILES string of the molecule is CCCN(C(=O)Nc1ccccc1)C1CCN(C[C@H]2CC(N(C)C(=O)c3ccccc3)C[C@@H]2c2ccccc2)CC1. The molecule has 1 N–H and O–H groups in total. The highest BCUT2D eigenvalue weighted by Crippen LogP contribution is 2.42. The molecule has 0 spiro atoms. The summed E-state index contributed by atoms with van der Waals surface area (Å²) >= 11 is 0. The summed E-state index contributed by atoms with van der Waals surface area (Å²) in [6.07, 6.45) is 4.92. The van der Waals surface area contributed by atoms with Crippen molar-refractivity contribution >= 4 is 17.6 Å². The molecule has 1 saturated carbocycles. The molecule has 1 heterocycles. The molecule has 0 radical (unpaired) electrons. The second-order valence-electron chi connectivity index (χ2n) is 11.7. The van der Waals surface area contributed by atoms with Gasteiger partial charge in [-0.2, -0.15) is 0 Å². The highest BCUT2D eigenvalue weighted by atomic mass is 16.2. The maximum atomic E-state index is 13.3. The maximum Gasteiger partial charge on any atom is 0.322 e. The maximum absolute atomic E-state index is 13.3. The number of carbonyl (C=O) groups excluding carboxylic acids is 2. The number of para-hydroxylation sites is 1. The summed E-state index contributed by atoms with van der Waals surface area (Å²) in [6.45, 7) is 5.92. The normalized spacial score (nSPS) is 21.4. The van der Waals surface area contributed by atoms with Crippen LogP contribution in [0.5, 0.6) is 0 Å². The van der Waals surface area contributed by atoms with Crippen molar-refractivity contribution in [3.05, 3.63) is 102 Å². The number of likely N-dealkylation sites (tertiary alicyclic amines) is 1. The zero-order valence-corrected chi connectivity index (χ0v) is 24.5. The fraction of sp³-hybridized carbons (Fsp3) is 0.429. The second-order valence-corrected chi connectivity index (χ2v) is 11.7. The molecule has 0 aromatic heterocycles. The molecule has 0 bridgehead atoms. The lowest BCUT2D eigenvalue weighted by molar-refractivity contribution is 0.0727. The van der Waals surface area contributed by atoms with Crippen LogP contribution in [-0.4, -0.2) is 71.9 Å². The van der Waals surface area contributed by atoms with E-state index in [0.717, 1.165) is 69.5 Å². The van der Waals surface area contributed by atoms with Gasteiger partial charge in [-0.05, 0) is 73.8 Å². The van der Waals surface area contributed by atoms with E-state index in [1.165, 1.54) is 5.56 Å². The van der Waals surface area contributed by atoms with Gasteiger partial charge in [0.2, 0.25) is 0 Å². The molecule has 3 aromatic rings. The van der Waals surface area contributed by atoms with Crippen molar-refractivity contribution in [2.24, 2.45) is 5.92 Å². The lowest BCUT2D eigenvalue weighted by Gasteiger charge is -2.39. The van der Waals surface area contributed by atoms with E-state index >= 15 is 0 Å². The van der Waals surface area contributed by atoms with Crippen molar-refractivity contribution in [3.63, 3.8) is 0 Å². The third-order valence-electron chi connectivity index (χ3n) is 9.03. The van der Waals surface area contributed by atoms with E-state index in [0.29, 0.717) is 11.8 Å². The van der Waals surface area contributed by atoms with Crippen LogP contribution in [0.3, 0.4) is 0 Å². The number of piperidine rings is 1. The number of urea groups is 1. The largest absolute Gasteiger partial charge is 0.339 e. The lowest BCUT2D eigenvalue weighted by atomic mass is 9.88. The Bertz CT molecular complexity index is 1240. The number of anilines is 1. The van der Waals surface area contributed by atoms with Crippen LogP contribution in [0.25, 0.3) is 0 Å². The number of rotatable bonds is 9. The Labute approximate surface area is 245 Å². The van der Waals surface area contributed by atoms with Gasteiger partial charge in [-0.3, -0.25) is 4.79 Å². The number of carbonyl (C=O) groups is 2. The monoisotopic (exact) mass is 552 g/mol. The van der Waals surface area contributed by atoms with Crippen LogP contribution < -0.4 is 5.32 Å². The van der Waals surface area contributed by atoms with Crippen molar-refractivity contribution in [2.75, 3.05) is 38.5 Å². The molecule has 1 unspecified atom stereocenters. The van der Waals surface area contributed by atoms with Crippen molar-refractivity contribution < 1.29 is 9.59 Å². The van der Waals surface area contributed by atoms with E-state index in [1.807, 2.05) is 77.5 Å². The first-order chi connectivity index (χ1) is 20.0. The number of amides is 3. The molecular weight excluding hydrogens is 508 g/mol. The number of hydrogen-bond acceptors (Lipinski definition) is 3. The molecule has 6 heteroatoms. The first-order valence-electron chi connectivity index (χ1n) is 15.3. The van der Waals surface area contributed by atoms with E-state index in [1.54, 1.807) is 0 Å². The fourth-order valence-electron chi connectivity index (χ4n) is 6.83. The highest BCUT2D eigenvalue weighted by molar-refractivity contribution is 5.94. The summed E-state index contributed by atoms with van der Waals surface area (Å²) in [5.41, 5.74) is 2.97. The average molecular weight is 553 g/mol. The number of nitrogens with one attached hydrogen (secondary N) is 1. The number of hydrogen-bond donors (Lipinski definition) is 1. The molecule has 1 saturated heterocycles. The standard InChI is InChI=1S/C35H44N4O2/c1-3-21-39(35(41)36-30-17-11-6-12-18-30)31-19-22-38(23-20-31)26-29-24-32(25-33(29)27-13-7-4-8-14-27)37(2)34(40)28-15-9-5-10-16-28/h4-18,29,31-33H,3,19-26H2,1-2H3,(H,36,41)/t29-,32?,33-/m1/s1. The van der Waals surface area contributed by atoms with Crippen molar-refractivity contribution in [3.8, 4) is 0 Å². The second kappa shape index (κ2) is 13.8. The van der Waals surface area contributed by atoms with Gasteiger partial charge in [-0.1, -0.05) is 73.7 Å². The fourth-order valence-corrected chi connectivity index (χ4v) is 6.83. The Morgan fingerprint density at radius 2 is 1.44 bits per heavy atom. The van der Waals surface area contributed by atoms with Gasteiger partial charge in [-0.15, -0.1) is 0 Å². The molecule has 2 fully saturated rings. The van der Waals surface area contributed by atoms with E-state index in [-0.39, 0.29) is 24.0 Å². The Morgan fingerprint density at radius 3 is 2.07 bits per heavy atom. The molecule has 41 heavy (non-hydrogen) atoms. The quantitative estimate of drug-likeness (QED) is 0.320. The van der Waals surface area contributed by atoms with Crippen molar-refractivity contribution in [1.29, 1.82) is 0 Å². The topological polar surface area (TPSA) is 55.9 Å². The molecular formula is C35H44N4O2. The third kappa shape index (κ3) is 7.17. The minimum absolute atomic E-state index is 0.00500. The molecule has 6 nitrogen and oxygen atoms in total. The van der Waals surface area contributed by atoms with Crippen LogP contribution in [0.1, 0.15) is 60.9 Å². The molecule has 2 aliphatic rings. The minimum Gasteiger partial charge on any atom is -0.339 e. The van der Waals surface area contributed by atoms with Gasteiger partial charge in [0, 0.05) is 56.6 Å². The zero-order chi connectivity index (χ0) is 28.6. The van der Waals surface area contributed by atoms with E-state index in [9.17, 15) is 9.59 Å². The zero-order valence-electron chi connectivity index (χ0n) is 24.5. The van der Waals surface area contributed by atoms with Crippen LogP contribution in [0.4, 0.5) is 10.5 Å². The molecule has 3 atom stereocenters. The van der Waals surface area contributed by atoms with E-state index in [2.05, 4.69) is 47.5 Å². The molecule has 3 amide bonds. The first-order valence-corrected chi connectivity index (χ1v) is 15.3. The van der Waals surface area contributed by atoms with Crippen molar-refractivity contribution in [1.82, 2.24) is 14.7 Å². The van der Waals surface area contributed by atoms with Crippen LogP contribution in [0, 0.1) is 5.92 Å². The summed E-state index contributed by atoms with van der Waals surface area (Å²) in [6, 6.07) is 30.7. The summed E-state index contributed by atoms with van der Waals surface area (Å²) in [5.74, 6) is 1.02. The van der Waals surface area contributed by atoms with Gasteiger partial charge in [0.1, 0.15) is 0 Å². The van der Waals surface area contributed by atoms with Gasteiger partial charge in [-0.25, -0.2) is 4.79 Å². The molecule has 3 aromatic carbocycles. The predicted molar refractivity (Wildman–Crippen MR) is 166 cm³/mol. The summed E-state index contributed by atoms with van der Waals surface area (Å²) in [4.78, 5) is 33.1. The van der Waals surface area contributed by atoms with E-state index in [4.69, 9.17) is 0 Å². The number of benzene rings is 3. The van der Waals surface area contributed by atoms with Gasteiger partial charge >= 0.3 is 6.03 Å². The lowest BCUT2D eigenvalue weighted by Crippen LogP contribution is -2.49. The predicted octanol–water partition coefficient (Wildman–Crippen LogP) is 6.73. The van der Waals surface area contributed by atoms with Gasteiger partial charge in [0.25, 0.3) is 5.91 Å². The Morgan fingerprint density at radius 1 is 0.829 bits per heavy atom. The van der Waals surface area contributed by atoms with Crippen LogP contribution in [0.15, 0.2) is 91.0 Å². The average Bonchev–Trinajstić information content (AvgIpc) is 3.44. The van der Waals surface area contributed by atoms with Crippen LogP contribution in [-0.2, 0) is 0 Å². The Balaban J connectivity index is 1.22. The van der Waals surface area contributed by atoms with Crippen LogP contribution in [0.2, 0.25) is 0 Å². The third-order valence-corrected chi connectivity index (χ3v) is 9.03. The highest BCUT2D eigenvalue weighted by Gasteiger charge is 2.40. The smallest absolute Gasteiger partial charge is 0.322 e. The first kappa shape index (κ1) is 28.9. The van der Waals surface area contributed by atoms with Gasteiger partial charge in [0.15, 0.2) is 0 Å². The minimum atomic E-state index is 0.00500. The molecule has 5 rings (SSSR count). The summed E-state index contributed by atoms with van der Waals surface area (Å²) in [5, 5.41) is 3.10. The van der Waals surface area contributed by atoms with E-state index < -0.39 is 0 Å². The molecule has 1 aliphatic heterocycles. The molecule has 1 aliphatic carbocycles. The summed E-state index contributed by atoms with van der Waals surface area (Å²) < 4.78 is 0. The Hall–Kier alpha value is -3.64. The van der Waals surface area contributed by atoms with Crippen LogP contribution >= 0.6 is 0 Å². The van der Waals surface area contributed by atoms with Gasteiger partial charge < -0.3 is 20.0 Å². The Kier molecular flexibility index (Phi) is 9.73. The summed E-state index contributed by atoms with van der Waals surface area (Å²) in [7, 11) is 1.97. The number of nitrogens with zero attached hydrogens (tertiary/aromatic N) is 3.